The van der Waals surface area contributed by atoms with Gasteiger partial charge in [0.15, 0.2) is 11.6 Å². The molecule has 0 unspecified atom stereocenters. The van der Waals surface area contributed by atoms with Crippen molar-refractivity contribution in [1.82, 2.24) is 0 Å². The van der Waals surface area contributed by atoms with E-state index in [9.17, 15) is 13.2 Å². The third kappa shape index (κ3) is 3.26. The summed E-state index contributed by atoms with van der Waals surface area (Å²) in [5.41, 5.74) is 1.19. The molecule has 0 radical (unpaired) electrons. The predicted octanol–water partition coefficient (Wildman–Crippen LogP) is 3.21. The van der Waals surface area contributed by atoms with Crippen LogP contribution in [-0.4, -0.2) is 5.11 Å². The Morgan fingerprint density at radius 1 is 0.895 bits per heavy atom. The zero-order valence-electron chi connectivity index (χ0n) is 9.96. The maximum atomic E-state index is 13.4. The van der Waals surface area contributed by atoms with Crippen molar-refractivity contribution in [3.8, 4) is 0 Å². The molecule has 19 heavy (non-hydrogen) atoms. The summed E-state index contributed by atoms with van der Waals surface area (Å²) in [7, 11) is 0. The van der Waals surface area contributed by atoms with Crippen molar-refractivity contribution >= 4 is 5.69 Å². The Hall–Kier alpha value is -2.01. The lowest BCUT2D eigenvalue weighted by Crippen LogP contribution is -2.04. The molecule has 2 N–H and O–H groups in total. The number of benzene rings is 2. The van der Waals surface area contributed by atoms with Crippen molar-refractivity contribution < 1.29 is 18.3 Å². The molecule has 2 nitrogen and oxygen atoms in total. The minimum atomic E-state index is -0.968. The van der Waals surface area contributed by atoms with Crippen molar-refractivity contribution in [1.29, 1.82) is 0 Å². The van der Waals surface area contributed by atoms with Crippen LogP contribution in [0.15, 0.2) is 36.4 Å². The number of hydrogen-bond donors (Lipinski definition) is 2. The van der Waals surface area contributed by atoms with Gasteiger partial charge >= 0.3 is 0 Å². The Bertz CT molecular complexity index is 546. The number of halogens is 3. The standard InChI is InChI=1S/C14H12F3NO/c15-11-5-12(16)14(13(17)6-11)18-7-9-1-3-10(8-19)4-2-9/h1-6,18-19H,7-8H2. The first-order chi connectivity index (χ1) is 9.10. The highest BCUT2D eigenvalue weighted by atomic mass is 19.1. The number of rotatable bonds is 4. The lowest BCUT2D eigenvalue weighted by Gasteiger charge is -2.09. The van der Waals surface area contributed by atoms with E-state index in [4.69, 9.17) is 5.11 Å². The van der Waals surface area contributed by atoms with Gasteiger partial charge in [-0.05, 0) is 11.1 Å². The Morgan fingerprint density at radius 3 is 1.95 bits per heavy atom. The van der Waals surface area contributed by atoms with Crippen LogP contribution in [0.3, 0.4) is 0 Å². The van der Waals surface area contributed by atoms with Crippen LogP contribution >= 0.6 is 0 Å². The normalized spacial score (nSPS) is 10.5. The van der Waals surface area contributed by atoms with Gasteiger partial charge in [0, 0.05) is 18.7 Å². The van der Waals surface area contributed by atoms with E-state index in [1.165, 1.54) is 0 Å². The summed E-state index contributed by atoms with van der Waals surface area (Å²) in [5, 5.41) is 11.5. The maximum Gasteiger partial charge on any atom is 0.152 e. The summed E-state index contributed by atoms with van der Waals surface area (Å²) in [6.07, 6.45) is 0. The molecular formula is C14H12F3NO. The molecule has 0 spiro atoms. The van der Waals surface area contributed by atoms with Gasteiger partial charge in [-0.2, -0.15) is 0 Å². The predicted molar refractivity (Wildman–Crippen MR) is 66.0 cm³/mol. The highest BCUT2D eigenvalue weighted by molar-refractivity contribution is 5.47. The Morgan fingerprint density at radius 2 is 1.42 bits per heavy atom. The average Bonchev–Trinajstić information content (AvgIpc) is 2.38. The summed E-state index contributed by atoms with van der Waals surface area (Å²) in [4.78, 5) is 0. The monoisotopic (exact) mass is 267 g/mol. The van der Waals surface area contributed by atoms with Gasteiger partial charge in [-0.25, -0.2) is 13.2 Å². The van der Waals surface area contributed by atoms with E-state index >= 15 is 0 Å². The topological polar surface area (TPSA) is 32.3 Å². The fraction of sp³-hybridized carbons (Fsp3) is 0.143. The first-order valence-corrected chi connectivity index (χ1v) is 5.67. The number of anilines is 1. The number of aliphatic hydroxyl groups is 1. The minimum Gasteiger partial charge on any atom is -0.392 e. The van der Waals surface area contributed by atoms with Gasteiger partial charge in [-0.1, -0.05) is 24.3 Å². The van der Waals surface area contributed by atoms with Gasteiger partial charge in [0.05, 0.1) is 6.61 Å². The van der Waals surface area contributed by atoms with Crippen LogP contribution in [0.25, 0.3) is 0 Å². The van der Waals surface area contributed by atoms with Crippen LogP contribution in [0.5, 0.6) is 0 Å². The summed E-state index contributed by atoms with van der Waals surface area (Å²) < 4.78 is 39.4. The molecule has 0 fully saturated rings. The van der Waals surface area contributed by atoms with E-state index in [-0.39, 0.29) is 18.8 Å². The summed E-state index contributed by atoms with van der Waals surface area (Å²) >= 11 is 0. The quantitative estimate of drug-likeness (QED) is 0.891. The zero-order chi connectivity index (χ0) is 13.8. The first-order valence-electron chi connectivity index (χ1n) is 5.67. The Labute approximate surface area is 108 Å². The summed E-state index contributed by atoms with van der Waals surface area (Å²) in [6.45, 7) is 0.139. The van der Waals surface area contributed by atoms with Crippen LogP contribution in [0.1, 0.15) is 11.1 Å². The average molecular weight is 267 g/mol. The number of aliphatic hydroxyl groups excluding tert-OH is 1. The van der Waals surface area contributed by atoms with E-state index in [0.29, 0.717) is 12.1 Å². The third-order valence-electron chi connectivity index (χ3n) is 2.68. The molecule has 2 aromatic carbocycles. The minimum absolute atomic E-state index is 0.0606. The van der Waals surface area contributed by atoms with Crippen LogP contribution in [0, 0.1) is 17.5 Å². The molecule has 100 valence electrons. The zero-order valence-corrected chi connectivity index (χ0v) is 9.96. The molecule has 0 bridgehead atoms. The molecule has 0 heterocycles. The molecule has 0 aliphatic rings. The van der Waals surface area contributed by atoms with Gasteiger partial charge in [0.1, 0.15) is 11.5 Å². The maximum absolute atomic E-state index is 13.4. The first kappa shape index (κ1) is 13.4. The van der Waals surface area contributed by atoms with Crippen LogP contribution in [-0.2, 0) is 13.2 Å². The fourth-order valence-electron chi connectivity index (χ4n) is 1.66. The summed E-state index contributed by atoms with van der Waals surface area (Å²) in [6, 6.07) is 8.15. The highest BCUT2D eigenvalue weighted by Gasteiger charge is 2.10. The smallest absolute Gasteiger partial charge is 0.152 e. The third-order valence-corrected chi connectivity index (χ3v) is 2.68. The molecule has 0 amide bonds. The lowest BCUT2D eigenvalue weighted by atomic mass is 10.1. The van der Waals surface area contributed by atoms with Crippen LogP contribution < -0.4 is 5.32 Å². The van der Waals surface area contributed by atoms with E-state index in [1.807, 2.05) is 0 Å². The summed E-state index contributed by atoms with van der Waals surface area (Å²) in [5.74, 6) is -2.89. The van der Waals surface area contributed by atoms with Gasteiger partial charge in [0.2, 0.25) is 0 Å². The second kappa shape index (κ2) is 5.75. The number of hydrogen-bond acceptors (Lipinski definition) is 2. The van der Waals surface area contributed by atoms with Gasteiger partial charge in [0.25, 0.3) is 0 Å². The van der Waals surface area contributed by atoms with Crippen LogP contribution in [0.2, 0.25) is 0 Å². The molecule has 2 aromatic rings. The highest BCUT2D eigenvalue weighted by Crippen LogP contribution is 2.20. The van der Waals surface area contributed by atoms with Crippen molar-refractivity contribution in [2.45, 2.75) is 13.2 Å². The number of nitrogens with one attached hydrogen (secondary N) is 1. The molecular weight excluding hydrogens is 255 g/mol. The molecule has 0 aliphatic carbocycles. The van der Waals surface area contributed by atoms with E-state index < -0.39 is 17.5 Å². The second-order valence-corrected chi connectivity index (χ2v) is 4.07. The largest absolute Gasteiger partial charge is 0.392 e. The van der Waals surface area contributed by atoms with Crippen molar-refractivity contribution in [3.63, 3.8) is 0 Å². The Kier molecular flexibility index (Phi) is 4.06. The van der Waals surface area contributed by atoms with Crippen LogP contribution in [0.4, 0.5) is 18.9 Å². The molecule has 0 aromatic heterocycles. The fourth-order valence-corrected chi connectivity index (χ4v) is 1.66. The van der Waals surface area contributed by atoms with E-state index in [0.717, 1.165) is 11.1 Å². The molecule has 5 heteroatoms. The molecule has 0 saturated heterocycles. The van der Waals surface area contributed by atoms with Gasteiger partial charge in [-0.3, -0.25) is 0 Å². The van der Waals surface area contributed by atoms with E-state index in [2.05, 4.69) is 5.32 Å². The molecule has 0 saturated carbocycles. The van der Waals surface area contributed by atoms with Crippen molar-refractivity contribution in [3.05, 3.63) is 65.0 Å². The van der Waals surface area contributed by atoms with E-state index in [1.54, 1.807) is 24.3 Å². The SMILES string of the molecule is OCc1ccc(CNc2c(F)cc(F)cc2F)cc1. The van der Waals surface area contributed by atoms with Gasteiger partial charge in [-0.15, -0.1) is 0 Å². The van der Waals surface area contributed by atoms with Gasteiger partial charge < -0.3 is 10.4 Å². The molecule has 0 aliphatic heterocycles. The lowest BCUT2D eigenvalue weighted by molar-refractivity contribution is 0.282. The second-order valence-electron chi connectivity index (χ2n) is 4.07. The Balaban J connectivity index is 2.10. The molecule has 2 rings (SSSR count). The molecule has 0 atom stereocenters. The van der Waals surface area contributed by atoms with Crippen molar-refractivity contribution in [2.24, 2.45) is 0 Å². The van der Waals surface area contributed by atoms with Crippen molar-refractivity contribution in [2.75, 3.05) is 5.32 Å².